The molecule has 0 saturated carbocycles. The van der Waals surface area contributed by atoms with Crippen molar-refractivity contribution in [3.05, 3.63) is 65.4 Å². The summed E-state index contributed by atoms with van der Waals surface area (Å²) in [6.45, 7) is 7.38. The third-order valence-corrected chi connectivity index (χ3v) is 6.57. The van der Waals surface area contributed by atoms with Crippen LogP contribution in [0.25, 0.3) is 11.3 Å². The number of anilines is 1. The molecule has 190 valence electrons. The molecule has 2 heterocycles. The van der Waals surface area contributed by atoms with Crippen LogP contribution >= 0.6 is 0 Å². The minimum atomic E-state index is -1.33. The number of piperidine rings is 1. The van der Waals surface area contributed by atoms with E-state index < -0.39 is 11.6 Å². The Morgan fingerprint density at radius 3 is 2.39 bits per heavy atom. The van der Waals surface area contributed by atoms with Crippen molar-refractivity contribution in [2.45, 2.75) is 52.2 Å². The largest absolute Gasteiger partial charge is 0.478 e. The number of hydrogen-bond donors (Lipinski definition) is 2. The highest BCUT2D eigenvalue weighted by atomic mass is 16.5. The molecule has 8 nitrogen and oxygen atoms in total. The van der Waals surface area contributed by atoms with Gasteiger partial charge in [0.2, 0.25) is 0 Å². The Morgan fingerprint density at radius 1 is 1.06 bits per heavy atom. The van der Waals surface area contributed by atoms with Crippen molar-refractivity contribution in [3.8, 4) is 17.0 Å². The molecule has 1 aliphatic heterocycles. The number of nitrogens with one attached hydrogen (secondary N) is 1. The zero-order valence-electron chi connectivity index (χ0n) is 21.4. The van der Waals surface area contributed by atoms with E-state index in [-0.39, 0.29) is 5.91 Å². The zero-order valence-corrected chi connectivity index (χ0v) is 21.4. The Kier molecular flexibility index (Phi) is 7.33. The van der Waals surface area contributed by atoms with E-state index in [2.05, 4.69) is 39.6 Å². The first-order valence-electron chi connectivity index (χ1n) is 12.3. The van der Waals surface area contributed by atoms with Crippen LogP contribution in [-0.4, -0.2) is 45.5 Å². The Hall–Kier alpha value is -3.81. The molecule has 2 aromatic carbocycles. The lowest BCUT2D eigenvalue weighted by Gasteiger charge is -2.28. The summed E-state index contributed by atoms with van der Waals surface area (Å²) < 4.78 is 7.37. The number of carboxylic acid groups (broad SMARTS) is 1. The van der Waals surface area contributed by atoms with Gasteiger partial charge in [-0.15, -0.1) is 0 Å². The fourth-order valence-corrected chi connectivity index (χ4v) is 4.37. The van der Waals surface area contributed by atoms with Gasteiger partial charge in [-0.2, -0.15) is 5.10 Å². The molecule has 2 N–H and O–H groups in total. The number of ether oxygens (including phenoxy) is 1. The second kappa shape index (κ2) is 10.4. The first-order chi connectivity index (χ1) is 17.1. The Labute approximate surface area is 211 Å². The van der Waals surface area contributed by atoms with Crippen molar-refractivity contribution in [1.82, 2.24) is 15.1 Å². The summed E-state index contributed by atoms with van der Waals surface area (Å²) in [5.41, 5.74) is 3.83. The van der Waals surface area contributed by atoms with E-state index in [4.69, 9.17) is 4.74 Å². The smallest absolute Gasteiger partial charge is 0.347 e. The van der Waals surface area contributed by atoms with Crippen LogP contribution in [0.15, 0.2) is 48.5 Å². The highest BCUT2D eigenvalue weighted by Crippen LogP contribution is 2.26. The summed E-state index contributed by atoms with van der Waals surface area (Å²) in [5, 5.41) is 16.6. The summed E-state index contributed by atoms with van der Waals surface area (Å²) in [4.78, 5) is 26.6. The van der Waals surface area contributed by atoms with E-state index >= 15 is 0 Å². The number of aliphatic carboxylic acids is 1. The lowest BCUT2D eigenvalue weighted by molar-refractivity contribution is -0.152. The monoisotopic (exact) mass is 490 g/mol. The van der Waals surface area contributed by atoms with Gasteiger partial charge in [-0.3, -0.25) is 9.48 Å². The standard InChI is InChI=1S/C28H34N4O4/c1-19-16-20(8-13-25(19)36-28(2,3)27(34)35)18-29-26(33)23-17-24(31(4)30-23)21-9-11-22(12-10-21)32-14-6-5-7-15-32/h8-13,16-17H,5-7,14-15,18H2,1-4H3,(H,29,33)(H,34,35). The minimum absolute atomic E-state index is 0.258. The van der Waals surface area contributed by atoms with Crippen LogP contribution in [0.5, 0.6) is 5.75 Å². The molecule has 36 heavy (non-hydrogen) atoms. The van der Waals surface area contributed by atoms with Gasteiger partial charge >= 0.3 is 5.97 Å². The predicted molar refractivity (Wildman–Crippen MR) is 139 cm³/mol. The molecule has 0 atom stereocenters. The topological polar surface area (TPSA) is 96.7 Å². The maximum atomic E-state index is 12.8. The quantitative estimate of drug-likeness (QED) is 0.481. The zero-order chi connectivity index (χ0) is 25.9. The molecule has 1 aliphatic rings. The van der Waals surface area contributed by atoms with Gasteiger partial charge in [0, 0.05) is 32.4 Å². The number of carboxylic acids is 1. The SMILES string of the molecule is Cc1cc(CNC(=O)c2cc(-c3ccc(N4CCCCC4)cc3)n(C)n2)ccc1OC(C)(C)C(=O)O. The molecule has 4 rings (SSSR count). The average Bonchev–Trinajstić information content (AvgIpc) is 3.26. The van der Waals surface area contributed by atoms with Crippen LogP contribution in [0.2, 0.25) is 0 Å². The lowest BCUT2D eigenvalue weighted by atomic mass is 10.1. The number of hydrogen-bond acceptors (Lipinski definition) is 5. The number of aryl methyl sites for hydroxylation is 2. The second-order valence-electron chi connectivity index (χ2n) is 9.83. The molecule has 1 amide bonds. The molecule has 0 radical (unpaired) electrons. The average molecular weight is 491 g/mol. The molecular formula is C28H34N4O4. The molecule has 0 spiro atoms. The maximum absolute atomic E-state index is 12.8. The Morgan fingerprint density at radius 2 is 1.75 bits per heavy atom. The number of rotatable bonds is 8. The molecule has 1 fully saturated rings. The summed E-state index contributed by atoms with van der Waals surface area (Å²) >= 11 is 0. The van der Waals surface area contributed by atoms with Gasteiger partial charge in [-0.1, -0.05) is 24.3 Å². The molecule has 0 bridgehead atoms. The third kappa shape index (κ3) is 5.70. The van der Waals surface area contributed by atoms with Gasteiger partial charge in [0.05, 0.1) is 5.69 Å². The van der Waals surface area contributed by atoms with Crippen molar-refractivity contribution < 1.29 is 19.4 Å². The Bertz CT molecular complexity index is 1240. The third-order valence-electron chi connectivity index (χ3n) is 6.57. The Balaban J connectivity index is 1.39. The summed E-state index contributed by atoms with van der Waals surface area (Å²) in [6.07, 6.45) is 3.78. The number of nitrogens with zero attached hydrogens (tertiary/aromatic N) is 3. The fourth-order valence-electron chi connectivity index (χ4n) is 4.37. The van der Waals surface area contributed by atoms with E-state index in [0.29, 0.717) is 18.0 Å². The lowest BCUT2D eigenvalue weighted by Crippen LogP contribution is -2.38. The van der Waals surface area contributed by atoms with Crippen LogP contribution in [0.1, 0.15) is 54.7 Å². The highest BCUT2D eigenvalue weighted by molar-refractivity contribution is 5.93. The normalized spacial score (nSPS) is 13.9. The predicted octanol–water partition coefficient (Wildman–Crippen LogP) is 4.56. The van der Waals surface area contributed by atoms with E-state index in [1.807, 2.05) is 26.1 Å². The van der Waals surface area contributed by atoms with E-state index in [0.717, 1.165) is 35.5 Å². The molecule has 8 heteroatoms. The van der Waals surface area contributed by atoms with Crippen LogP contribution < -0.4 is 15.0 Å². The van der Waals surface area contributed by atoms with E-state index in [1.54, 1.807) is 16.8 Å². The number of aromatic nitrogens is 2. The molecule has 0 unspecified atom stereocenters. The molecule has 0 aliphatic carbocycles. The van der Waals surface area contributed by atoms with Gasteiger partial charge in [0.1, 0.15) is 5.75 Å². The van der Waals surface area contributed by atoms with Gasteiger partial charge in [0.15, 0.2) is 11.3 Å². The van der Waals surface area contributed by atoms with Crippen molar-refractivity contribution >= 4 is 17.6 Å². The molecular weight excluding hydrogens is 456 g/mol. The van der Waals surface area contributed by atoms with Crippen LogP contribution in [-0.2, 0) is 18.4 Å². The maximum Gasteiger partial charge on any atom is 0.347 e. The number of carbonyl (C=O) groups excluding carboxylic acids is 1. The first-order valence-corrected chi connectivity index (χ1v) is 12.3. The first kappa shape index (κ1) is 25.3. The number of carbonyl (C=O) groups is 2. The van der Waals surface area contributed by atoms with E-state index in [9.17, 15) is 14.7 Å². The van der Waals surface area contributed by atoms with Gasteiger partial charge in [-0.25, -0.2) is 4.79 Å². The highest BCUT2D eigenvalue weighted by Gasteiger charge is 2.29. The fraction of sp³-hybridized carbons (Fsp3) is 0.393. The van der Waals surface area contributed by atoms with Gasteiger partial charge in [-0.05, 0) is 81.0 Å². The van der Waals surface area contributed by atoms with Crippen molar-refractivity contribution in [3.63, 3.8) is 0 Å². The van der Waals surface area contributed by atoms with Gasteiger partial charge < -0.3 is 20.1 Å². The van der Waals surface area contributed by atoms with Crippen molar-refractivity contribution in [2.75, 3.05) is 18.0 Å². The minimum Gasteiger partial charge on any atom is -0.478 e. The van der Waals surface area contributed by atoms with E-state index in [1.165, 1.54) is 38.8 Å². The van der Waals surface area contributed by atoms with Crippen LogP contribution in [0.4, 0.5) is 5.69 Å². The second-order valence-corrected chi connectivity index (χ2v) is 9.83. The van der Waals surface area contributed by atoms with Crippen LogP contribution in [0, 0.1) is 6.92 Å². The molecule has 1 aromatic heterocycles. The van der Waals surface area contributed by atoms with Gasteiger partial charge in [0.25, 0.3) is 5.91 Å². The molecule has 3 aromatic rings. The van der Waals surface area contributed by atoms with Crippen molar-refractivity contribution in [1.29, 1.82) is 0 Å². The van der Waals surface area contributed by atoms with Crippen molar-refractivity contribution in [2.24, 2.45) is 7.05 Å². The number of amides is 1. The summed E-state index contributed by atoms with van der Waals surface area (Å²) in [7, 11) is 1.84. The summed E-state index contributed by atoms with van der Waals surface area (Å²) in [6, 6.07) is 15.7. The number of benzene rings is 2. The summed E-state index contributed by atoms with van der Waals surface area (Å²) in [5.74, 6) is -0.796. The molecule has 1 saturated heterocycles. The van der Waals surface area contributed by atoms with Crippen LogP contribution in [0.3, 0.4) is 0 Å².